The summed E-state index contributed by atoms with van der Waals surface area (Å²) in [7, 11) is 0. The van der Waals surface area contributed by atoms with Crippen LogP contribution in [-0.4, -0.2) is 29.9 Å². The van der Waals surface area contributed by atoms with E-state index in [9.17, 15) is 0 Å². The van der Waals surface area contributed by atoms with E-state index >= 15 is 0 Å². The van der Waals surface area contributed by atoms with Crippen LogP contribution in [0.5, 0.6) is 0 Å². The van der Waals surface area contributed by atoms with Crippen molar-refractivity contribution >= 4 is 33.4 Å². The smallest absolute Gasteiger partial charge is 0.174 e. The Hall–Kier alpha value is -4.56. The number of nitrogens with one attached hydrogen (secondary N) is 2. The van der Waals surface area contributed by atoms with Crippen LogP contribution < -0.4 is 0 Å². The second-order valence-electron chi connectivity index (χ2n) is 7.94. The van der Waals surface area contributed by atoms with Crippen molar-refractivity contribution in [2.24, 2.45) is 0 Å². The van der Waals surface area contributed by atoms with Gasteiger partial charge < -0.3 is 14.4 Å². The van der Waals surface area contributed by atoms with Gasteiger partial charge in [0, 0.05) is 23.3 Å². The van der Waals surface area contributed by atoms with Gasteiger partial charge in [-0.1, -0.05) is 12.1 Å². The molecule has 0 spiro atoms. The highest BCUT2D eigenvalue weighted by Gasteiger charge is 2.13. The minimum Gasteiger partial charge on any atom is -0.460 e. The van der Waals surface area contributed by atoms with Crippen molar-refractivity contribution in [2.75, 3.05) is 0 Å². The van der Waals surface area contributed by atoms with Crippen LogP contribution in [-0.2, 0) is 0 Å². The number of aromatic nitrogens is 6. The molecule has 0 atom stereocenters. The molecule has 5 aromatic heterocycles. The SMILES string of the molecule is c1cc(-c2coc(-c3nc4ccc(-c5ccc6nc(-c7cscn7)[nH]c6c5)cc4[nH]3)c2)ccn1. The highest BCUT2D eigenvalue weighted by atomic mass is 32.1. The van der Waals surface area contributed by atoms with E-state index in [4.69, 9.17) is 9.40 Å². The molecule has 7 aromatic rings. The average molecular weight is 461 g/mol. The number of nitrogens with zero attached hydrogens (tertiary/aromatic N) is 4. The highest BCUT2D eigenvalue weighted by Crippen LogP contribution is 2.31. The number of fused-ring (bicyclic) bond motifs is 2. The van der Waals surface area contributed by atoms with Gasteiger partial charge in [0.2, 0.25) is 0 Å². The molecule has 0 bridgehead atoms. The summed E-state index contributed by atoms with van der Waals surface area (Å²) in [5, 5.41) is 1.99. The number of H-pyrrole nitrogens is 2. The number of thiazole rings is 1. The molecule has 34 heavy (non-hydrogen) atoms. The van der Waals surface area contributed by atoms with Crippen molar-refractivity contribution in [2.45, 2.75) is 0 Å². The summed E-state index contributed by atoms with van der Waals surface area (Å²) in [4.78, 5) is 24.6. The van der Waals surface area contributed by atoms with Gasteiger partial charge >= 0.3 is 0 Å². The molecule has 0 unspecified atom stereocenters. The lowest BCUT2D eigenvalue weighted by Crippen LogP contribution is -1.79. The summed E-state index contributed by atoms with van der Waals surface area (Å²) in [5.74, 6) is 2.18. The molecule has 162 valence electrons. The van der Waals surface area contributed by atoms with Gasteiger partial charge in [0.15, 0.2) is 17.4 Å². The van der Waals surface area contributed by atoms with Crippen LogP contribution in [0.3, 0.4) is 0 Å². The normalized spacial score (nSPS) is 11.5. The summed E-state index contributed by atoms with van der Waals surface area (Å²) in [5.41, 5.74) is 10.6. The maximum atomic E-state index is 5.80. The third-order valence-corrected chi connectivity index (χ3v) is 6.41. The summed E-state index contributed by atoms with van der Waals surface area (Å²) in [6.45, 7) is 0. The van der Waals surface area contributed by atoms with E-state index in [0.717, 1.165) is 55.8 Å². The number of hydrogen-bond donors (Lipinski definition) is 2. The van der Waals surface area contributed by atoms with E-state index in [2.05, 4.69) is 49.2 Å². The number of furan rings is 1. The lowest BCUT2D eigenvalue weighted by molar-refractivity contribution is 0.579. The molecule has 0 radical (unpaired) electrons. The number of imidazole rings is 2. The number of pyridine rings is 1. The standard InChI is InChI=1S/C26H16N6OS/c1-3-19-21(31-25(29-19)23-13-34-14-28-23)9-16(1)17-2-4-20-22(10-17)32-26(30-20)24-11-18(12-33-24)15-5-7-27-8-6-15/h1-14H,(H,29,31)(H,30,32). The minimum atomic E-state index is 0.693. The third-order valence-electron chi connectivity index (χ3n) is 5.82. The molecule has 0 aliphatic carbocycles. The van der Waals surface area contributed by atoms with Crippen LogP contribution in [0.1, 0.15) is 0 Å². The van der Waals surface area contributed by atoms with E-state index in [-0.39, 0.29) is 0 Å². The summed E-state index contributed by atoms with van der Waals surface area (Å²) >= 11 is 1.56. The van der Waals surface area contributed by atoms with Crippen LogP contribution >= 0.6 is 11.3 Å². The summed E-state index contributed by atoms with van der Waals surface area (Å²) in [6.07, 6.45) is 5.28. The maximum Gasteiger partial charge on any atom is 0.174 e. The van der Waals surface area contributed by atoms with Crippen molar-refractivity contribution in [3.8, 4) is 45.4 Å². The minimum absolute atomic E-state index is 0.693. The van der Waals surface area contributed by atoms with Crippen molar-refractivity contribution < 1.29 is 4.42 Å². The molecule has 0 saturated carbocycles. The van der Waals surface area contributed by atoms with Crippen LogP contribution in [0.2, 0.25) is 0 Å². The van der Waals surface area contributed by atoms with Crippen LogP contribution in [0.4, 0.5) is 0 Å². The molecule has 5 heterocycles. The van der Waals surface area contributed by atoms with E-state index in [1.165, 1.54) is 0 Å². The number of rotatable bonds is 4. The average Bonchev–Trinajstić information content (AvgIpc) is 3.68. The van der Waals surface area contributed by atoms with Crippen LogP contribution in [0.25, 0.3) is 67.4 Å². The summed E-state index contributed by atoms with van der Waals surface area (Å²) in [6, 6.07) is 18.3. The Morgan fingerprint density at radius 2 is 1.41 bits per heavy atom. The van der Waals surface area contributed by atoms with Crippen molar-refractivity contribution in [3.05, 3.63) is 84.1 Å². The molecular formula is C26H16N6OS. The van der Waals surface area contributed by atoms with Gasteiger partial charge in [0.05, 0.1) is 33.8 Å². The predicted molar refractivity (Wildman–Crippen MR) is 133 cm³/mol. The van der Waals surface area contributed by atoms with E-state index < -0.39 is 0 Å². The lowest BCUT2D eigenvalue weighted by Gasteiger charge is -2.01. The Bertz CT molecular complexity index is 1760. The fourth-order valence-electron chi connectivity index (χ4n) is 4.10. The molecule has 0 fully saturated rings. The monoisotopic (exact) mass is 460 g/mol. The zero-order valence-corrected chi connectivity index (χ0v) is 18.5. The Morgan fingerprint density at radius 1 is 0.706 bits per heavy atom. The van der Waals surface area contributed by atoms with Crippen molar-refractivity contribution in [1.82, 2.24) is 29.9 Å². The van der Waals surface area contributed by atoms with Gasteiger partial charge in [-0.3, -0.25) is 4.98 Å². The molecule has 2 aromatic carbocycles. The Labute approximate surface area is 197 Å². The Morgan fingerprint density at radius 3 is 2.12 bits per heavy atom. The quantitative estimate of drug-likeness (QED) is 0.310. The molecule has 0 aliphatic heterocycles. The van der Waals surface area contributed by atoms with Gasteiger partial charge in [-0.2, -0.15) is 0 Å². The van der Waals surface area contributed by atoms with Crippen molar-refractivity contribution in [3.63, 3.8) is 0 Å². The fraction of sp³-hybridized carbons (Fsp3) is 0. The lowest BCUT2D eigenvalue weighted by atomic mass is 10.0. The Kier molecular flexibility index (Phi) is 4.18. The first-order chi connectivity index (χ1) is 16.8. The third kappa shape index (κ3) is 3.20. The molecule has 2 N–H and O–H groups in total. The van der Waals surface area contributed by atoms with Gasteiger partial charge in [0.1, 0.15) is 5.69 Å². The molecular weight excluding hydrogens is 444 g/mol. The second kappa shape index (κ2) is 7.50. The van der Waals surface area contributed by atoms with Gasteiger partial charge in [-0.05, 0) is 59.2 Å². The van der Waals surface area contributed by atoms with E-state index in [0.29, 0.717) is 11.6 Å². The van der Waals surface area contributed by atoms with E-state index in [1.807, 2.05) is 41.2 Å². The van der Waals surface area contributed by atoms with E-state index in [1.54, 1.807) is 30.0 Å². The first kappa shape index (κ1) is 19.0. The highest BCUT2D eigenvalue weighted by molar-refractivity contribution is 7.07. The molecule has 0 aliphatic rings. The fourth-order valence-corrected chi connectivity index (χ4v) is 4.64. The maximum absolute atomic E-state index is 5.80. The molecule has 0 saturated heterocycles. The predicted octanol–water partition coefficient (Wildman–Crippen LogP) is 6.55. The second-order valence-corrected chi connectivity index (χ2v) is 8.66. The van der Waals surface area contributed by atoms with Gasteiger partial charge in [0.25, 0.3) is 0 Å². The first-order valence-electron chi connectivity index (χ1n) is 10.7. The van der Waals surface area contributed by atoms with Crippen LogP contribution in [0.15, 0.2) is 88.6 Å². The van der Waals surface area contributed by atoms with Crippen LogP contribution in [0, 0.1) is 0 Å². The zero-order chi connectivity index (χ0) is 22.5. The molecule has 0 amide bonds. The number of benzene rings is 2. The first-order valence-corrected chi connectivity index (χ1v) is 11.6. The molecule has 8 heteroatoms. The van der Waals surface area contributed by atoms with Gasteiger partial charge in [-0.25, -0.2) is 15.0 Å². The molecule has 7 nitrogen and oxygen atoms in total. The summed E-state index contributed by atoms with van der Waals surface area (Å²) < 4.78 is 5.80. The Balaban J connectivity index is 1.23. The number of hydrogen-bond acceptors (Lipinski definition) is 6. The number of aromatic amines is 2. The molecule has 7 rings (SSSR count). The zero-order valence-electron chi connectivity index (χ0n) is 17.7. The topological polar surface area (TPSA) is 96.3 Å². The van der Waals surface area contributed by atoms with Gasteiger partial charge in [-0.15, -0.1) is 11.3 Å². The van der Waals surface area contributed by atoms with Crippen molar-refractivity contribution in [1.29, 1.82) is 0 Å². The largest absolute Gasteiger partial charge is 0.460 e.